The largest absolute Gasteiger partial charge is 0.490 e. The second kappa shape index (κ2) is 9.28. The zero-order valence-corrected chi connectivity index (χ0v) is 18.6. The Labute approximate surface area is 191 Å². The lowest BCUT2D eigenvalue weighted by Gasteiger charge is -2.14. The van der Waals surface area contributed by atoms with E-state index in [4.69, 9.17) is 25.8 Å². The number of carbonyl (C=O) groups is 1. The summed E-state index contributed by atoms with van der Waals surface area (Å²) in [7, 11) is 0. The highest BCUT2D eigenvalue weighted by Crippen LogP contribution is 2.38. The van der Waals surface area contributed by atoms with Crippen molar-refractivity contribution in [3.8, 4) is 11.5 Å². The minimum atomic E-state index is -0.523. The van der Waals surface area contributed by atoms with Crippen LogP contribution in [0.1, 0.15) is 25.0 Å². The Hall–Kier alpha value is -3.57. The Morgan fingerprint density at radius 1 is 1.12 bits per heavy atom. The number of aliphatic imine (C=N–C) groups is 1. The number of esters is 1. The van der Waals surface area contributed by atoms with Crippen LogP contribution in [0.2, 0.25) is 5.02 Å². The predicted octanol–water partition coefficient (Wildman–Crippen LogP) is 6.19. The number of hydrogen-bond acceptors (Lipinski definition) is 5. The maximum Gasteiger partial charge on any atom is 0.363 e. The van der Waals surface area contributed by atoms with Gasteiger partial charge in [0.25, 0.3) is 0 Å². The van der Waals surface area contributed by atoms with E-state index < -0.39 is 5.97 Å². The molecule has 5 nitrogen and oxygen atoms in total. The van der Waals surface area contributed by atoms with Crippen LogP contribution in [0.4, 0.5) is 0 Å². The van der Waals surface area contributed by atoms with Crippen LogP contribution in [-0.4, -0.2) is 25.1 Å². The summed E-state index contributed by atoms with van der Waals surface area (Å²) in [6.07, 6.45) is 1.62. The second-order valence-electron chi connectivity index (χ2n) is 7.41. The van der Waals surface area contributed by atoms with E-state index >= 15 is 0 Å². The minimum Gasteiger partial charge on any atom is -0.490 e. The fourth-order valence-corrected chi connectivity index (χ4v) is 3.56. The Kier molecular flexibility index (Phi) is 6.28. The third-order valence-corrected chi connectivity index (χ3v) is 5.00. The first-order valence-electron chi connectivity index (χ1n) is 10.2. The van der Waals surface area contributed by atoms with Gasteiger partial charge in [-0.3, -0.25) is 0 Å². The molecule has 32 heavy (non-hydrogen) atoms. The average Bonchev–Trinajstić information content (AvgIpc) is 3.13. The van der Waals surface area contributed by atoms with E-state index in [1.807, 2.05) is 56.3 Å². The molecular weight excluding hydrogens is 426 g/mol. The molecule has 0 atom stereocenters. The van der Waals surface area contributed by atoms with E-state index in [2.05, 4.69) is 11.6 Å². The molecule has 162 valence electrons. The standard InChI is InChI=1S/C26H22ClNO4/c1-4-30-23-13-17(11-21(27)24(23)31-15-16(2)3)12-22-26(29)32-25(28-22)20-10-9-18-7-5-6-8-19(18)14-20/h5-14H,2,4,15H2,1,3H3/b22-12-. The van der Waals surface area contributed by atoms with Gasteiger partial charge < -0.3 is 14.2 Å². The molecular formula is C26H22ClNO4. The first kappa shape index (κ1) is 21.7. The van der Waals surface area contributed by atoms with E-state index in [0.717, 1.165) is 21.9 Å². The van der Waals surface area contributed by atoms with E-state index in [0.29, 0.717) is 35.3 Å². The van der Waals surface area contributed by atoms with Crippen molar-refractivity contribution in [2.24, 2.45) is 4.99 Å². The number of rotatable bonds is 7. The van der Waals surface area contributed by atoms with Gasteiger partial charge in [-0.25, -0.2) is 9.79 Å². The average molecular weight is 448 g/mol. The number of carbonyl (C=O) groups excluding carboxylic acids is 1. The van der Waals surface area contributed by atoms with E-state index in [9.17, 15) is 4.79 Å². The van der Waals surface area contributed by atoms with Crippen molar-refractivity contribution < 1.29 is 19.0 Å². The summed E-state index contributed by atoms with van der Waals surface area (Å²) in [5.41, 5.74) is 2.43. The smallest absolute Gasteiger partial charge is 0.363 e. The lowest BCUT2D eigenvalue weighted by molar-refractivity contribution is -0.129. The number of hydrogen-bond donors (Lipinski definition) is 0. The van der Waals surface area contributed by atoms with Gasteiger partial charge in [0.05, 0.1) is 11.6 Å². The van der Waals surface area contributed by atoms with Gasteiger partial charge in [-0.2, -0.15) is 0 Å². The molecule has 0 saturated carbocycles. The van der Waals surface area contributed by atoms with Crippen LogP contribution in [0.5, 0.6) is 11.5 Å². The van der Waals surface area contributed by atoms with Crippen LogP contribution in [0.15, 0.2) is 77.4 Å². The minimum absolute atomic E-state index is 0.183. The zero-order chi connectivity index (χ0) is 22.7. The van der Waals surface area contributed by atoms with Gasteiger partial charge >= 0.3 is 5.97 Å². The van der Waals surface area contributed by atoms with Crippen LogP contribution in [-0.2, 0) is 9.53 Å². The topological polar surface area (TPSA) is 57.1 Å². The molecule has 6 heteroatoms. The molecule has 0 spiro atoms. The molecule has 0 amide bonds. The Morgan fingerprint density at radius 2 is 1.91 bits per heavy atom. The van der Waals surface area contributed by atoms with Gasteiger partial charge in [0.2, 0.25) is 5.90 Å². The monoisotopic (exact) mass is 447 g/mol. The van der Waals surface area contributed by atoms with Crippen LogP contribution in [0.25, 0.3) is 16.8 Å². The molecule has 0 N–H and O–H groups in total. The SMILES string of the molecule is C=C(C)COc1c(Cl)cc(/C=C2\N=C(c3ccc4ccccc4c3)OC2=O)cc1OCC. The molecule has 0 saturated heterocycles. The Bertz CT molecular complexity index is 1280. The van der Waals surface area contributed by atoms with E-state index in [1.54, 1.807) is 18.2 Å². The van der Waals surface area contributed by atoms with Crippen molar-refractivity contribution >= 4 is 40.3 Å². The van der Waals surface area contributed by atoms with Crippen LogP contribution < -0.4 is 9.47 Å². The zero-order valence-electron chi connectivity index (χ0n) is 17.9. The van der Waals surface area contributed by atoms with E-state index in [1.165, 1.54) is 0 Å². The van der Waals surface area contributed by atoms with Gasteiger partial charge in [0.15, 0.2) is 17.2 Å². The number of cyclic esters (lactones) is 1. The van der Waals surface area contributed by atoms with Gasteiger partial charge in [0, 0.05) is 5.56 Å². The highest BCUT2D eigenvalue weighted by atomic mass is 35.5. The molecule has 0 radical (unpaired) electrons. The fraction of sp³-hybridized carbons (Fsp3) is 0.154. The third-order valence-electron chi connectivity index (χ3n) is 4.71. The molecule has 0 unspecified atom stereocenters. The van der Waals surface area contributed by atoms with Crippen LogP contribution in [0.3, 0.4) is 0 Å². The maximum atomic E-state index is 12.5. The lowest BCUT2D eigenvalue weighted by Crippen LogP contribution is -2.05. The fourth-order valence-electron chi connectivity index (χ4n) is 3.28. The van der Waals surface area contributed by atoms with Crippen molar-refractivity contribution in [3.63, 3.8) is 0 Å². The molecule has 0 aliphatic carbocycles. The summed E-state index contributed by atoms with van der Waals surface area (Å²) in [5, 5.41) is 2.51. The number of nitrogens with zero attached hydrogens (tertiary/aromatic N) is 1. The van der Waals surface area contributed by atoms with Crippen molar-refractivity contribution in [1.29, 1.82) is 0 Å². The normalized spacial score (nSPS) is 14.4. The number of benzene rings is 3. The van der Waals surface area contributed by atoms with Gasteiger partial charge in [-0.15, -0.1) is 0 Å². The van der Waals surface area contributed by atoms with Crippen LogP contribution >= 0.6 is 11.6 Å². The highest BCUT2D eigenvalue weighted by Gasteiger charge is 2.25. The molecule has 0 bridgehead atoms. The summed E-state index contributed by atoms with van der Waals surface area (Å²) < 4.78 is 16.9. The molecule has 1 aliphatic rings. The second-order valence-corrected chi connectivity index (χ2v) is 7.81. The number of ether oxygens (including phenoxy) is 3. The van der Waals surface area contributed by atoms with Crippen LogP contribution in [0, 0.1) is 0 Å². The first-order chi connectivity index (χ1) is 15.4. The van der Waals surface area contributed by atoms with Crippen molar-refractivity contribution in [2.75, 3.05) is 13.2 Å². The van der Waals surface area contributed by atoms with Crippen molar-refractivity contribution in [3.05, 3.63) is 88.6 Å². The first-order valence-corrected chi connectivity index (χ1v) is 10.6. The molecule has 4 rings (SSSR count). The van der Waals surface area contributed by atoms with Crippen molar-refractivity contribution in [1.82, 2.24) is 0 Å². The summed E-state index contributed by atoms with van der Waals surface area (Å²) in [4.78, 5) is 16.9. The van der Waals surface area contributed by atoms with Crippen molar-refractivity contribution in [2.45, 2.75) is 13.8 Å². The Morgan fingerprint density at radius 3 is 2.66 bits per heavy atom. The maximum absolute atomic E-state index is 12.5. The lowest BCUT2D eigenvalue weighted by atomic mass is 10.1. The third kappa shape index (κ3) is 4.68. The van der Waals surface area contributed by atoms with E-state index in [-0.39, 0.29) is 11.6 Å². The summed E-state index contributed by atoms with van der Waals surface area (Å²) >= 11 is 6.44. The number of fused-ring (bicyclic) bond motifs is 1. The Balaban J connectivity index is 1.66. The quantitative estimate of drug-likeness (QED) is 0.246. The molecule has 1 aliphatic heterocycles. The molecule has 3 aromatic carbocycles. The molecule has 0 fully saturated rings. The molecule has 1 heterocycles. The predicted molar refractivity (Wildman–Crippen MR) is 127 cm³/mol. The van der Waals surface area contributed by atoms with Gasteiger partial charge in [-0.1, -0.05) is 48.5 Å². The summed E-state index contributed by atoms with van der Waals surface area (Å²) in [6.45, 7) is 8.33. The highest BCUT2D eigenvalue weighted by molar-refractivity contribution is 6.32. The van der Waals surface area contributed by atoms with Gasteiger partial charge in [0.1, 0.15) is 6.61 Å². The summed E-state index contributed by atoms with van der Waals surface area (Å²) in [6, 6.07) is 17.2. The molecule has 0 aromatic heterocycles. The van der Waals surface area contributed by atoms with Gasteiger partial charge in [-0.05, 0) is 66.1 Å². The summed E-state index contributed by atoms with van der Waals surface area (Å²) in [5.74, 6) is 0.667. The number of halogens is 1. The molecule has 3 aromatic rings.